The van der Waals surface area contributed by atoms with Gasteiger partial charge >= 0.3 is 0 Å². The van der Waals surface area contributed by atoms with Gasteiger partial charge in [0, 0.05) is 5.56 Å². The van der Waals surface area contributed by atoms with E-state index >= 15 is 0 Å². The van der Waals surface area contributed by atoms with E-state index in [4.69, 9.17) is 4.74 Å². The number of amides is 1. The molecule has 30 heavy (non-hydrogen) atoms. The number of aromatic nitrogens is 2. The number of carbonyl (C=O) groups is 1. The molecule has 0 aliphatic carbocycles. The Morgan fingerprint density at radius 2 is 1.73 bits per heavy atom. The Labute approximate surface area is 174 Å². The molecule has 0 spiro atoms. The Kier molecular flexibility index (Phi) is 5.96. The summed E-state index contributed by atoms with van der Waals surface area (Å²) >= 11 is 0. The topological polar surface area (TPSA) is 79.4 Å². The van der Waals surface area contributed by atoms with Crippen molar-refractivity contribution < 1.29 is 9.53 Å². The van der Waals surface area contributed by atoms with Crippen LogP contribution in [-0.4, -0.2) is 22.3 Å². The number of hydrogen-bond donors (Lipinski definition) is 2. The largest absolute Gasteiger partial charge is 0.489 e. The highest BCUT2D eigenvalue weighted by Gasteiger charge is 2.11. The van der Waals surface area contributed by atoms with E-state index in [-0.39, 0.29) is 5.91 Å². The van der Waals surface area contributed by atoms with Crippen LogP contribution >= 0.6 is 0 Å². The van der Waals surface area contributed by atoms with Crippen molar-refractivity contribution in [3.8, 4) is 17.0 Å². The molecule has 6 heteroatoms. The number of carbonyl (C=O) groups excluding carboxylic acids is 1. The van der Waals surface area contributed by atoms with Crippen molar-refractivity contribution in [1.82, 2.24) is 15.6 Å². The molecule has 0 aliphatic rings. The molecule has 0 radical (unpaired) electrons. The molecule has 0 bridgehead atoms. The van der Waals surface area contributed by atoms with Gasteiger partial charge in [0.2, 0.25) is 0 Å². The van der Waals surface area contributed by atoms with Crippen LogP contribution in [0.3, 0.4) is 0 Å². The number of nitrogens with one attached hydrogen (secondary N) is 2. The van der Waals surface area contributed by atoms with Crippen LogP contribution in [0.2, 0.25) is 0 Å². The molecule has 3 aromatic carbocycles. The zero-order valence-electron chi connectivity index (χ0n) is 16.2. The second kappa shape index (κ2) is 9.34. The van der Waals surface area contributed by atoms with Crippen LogP contribution in [0.5, 0.6) is 5.75 Å². The highest BCUT2D eigenvalue weighted by molar-refractivity contribution is 5.94. The molecule has 0 saturated carbocycles. The van der Waals surface area contributed by atoms with Gasteiger partial charge in [0.15, 0.2) is 0 Å². The average molecular weight is 396 g/mol. The fourth-order valence-electron chi connectivity index (χ4n) is 2.84. The van der Waals surface area contributed by atoms with Crippen LogP contribution in [0.25, 0.3) is 11.3 Å². The van der Waals surface area contributed by atoms with Gasteiger partial charge in [-0.2, -0.15) is 10.2 Å². The third-order valence-electron chi connectivity index (χ3n) is 4.38. The summed E-state index contributed by atoms with van der Waals surface area (Å²) in [6.45, 7) is 0.484. The Morgan fingerprint density at radius 1 is 0.967 bits per heavy atom. The summed E-state index contributed by atoms with van der Waals surface area (Å²) in [7, 11) is 0. The summed E-state index contributed by atoms with van der Waals surface area (Å²) in [5, 5.41) is 11.0. The predicted octanol–water partition coefficient (Wildman–Crippen LogP) is 4.42. The SMILES string of the molecule is O=C(N/N=C/c1ccccc1)c1cc(-c2cccc(OCc3ccccc3)c2)n[nH]1. The van der Waals surface area contributed by atoms with E-state index in [1.165, 1.54) is 0 Å². The van der Waals surface area contributed by atoms with Crippen LogP contribution in [0.4, 0.5) is 0 Å². The molecular weight excluding hydrogens is 376 g/mol. The molecule has 0 atom stereocenters. The lowest BCUT2D eigenvalue weighted by Gasteiger charge is -2.07. The lowest BCUT2D eigenvalue weighted by Crippen LogP contribution is -2.17. The predicted molar refractivity (Wildman–Crippen MR) is 116 cm³/mol. The Hall–Kier alpha value is -4.19. The van der Waals surface area contributed by atoms with Gasteiger partial charge in [-0.25, -0.2) is 5.43 Å². The molecule has 0 unspecified atom stereocenters. The number of benzene rings is 3. The summed E-state index contributed by atoms with van der Waals surface area (Å²) in [4.78, 5) is 12.3. The van der Waals surface area contributed by atoms with Gasteiger partial charge in [0.05, 0.1) is 11.9 Å². The first-order valence-corrected chi connectivity index (χ1v) is 9.49. The standard InChI is InChI=1S/C24H20N4O2/c29-24(28-25-16-18-8-3-1-4-9-18)23-15-22(26-27-23)20-12-7-13-21(14-20)30-17-19-10-5-2-6-11-19/h1-16H,17H2,(H,26,27)(H,28,29)/b25-16+. The molecule has 4 aromatic rings. The molecule has 0 fully saturated rings. The summed E-state index contributed by atoms with van der Waals surface area (Å²) < 4.78 is 5.87. The van der Waals surface area contributed by atoms with Crippen molar-refractivity contribution in [2.45, 2.75) is 6.61 Å². The van der Waals surface area contributed by atoms with Gasteiger partial charge < -0.3 is 4.74 Å². The van der Waals surface area contributed by atoms with Crippen LogP contribution in [0.1, 0.15) is 21.6 Å². The first-order valence-electron chi connectivity index (χ1n) is 9.49. The quantitative estimate of drug-likeness (QED) is 0.358. The summed E-state index contributed by atoms with van der Waals surface area (Å²) in [5.41, 5.74) is 6.32. The second-order valence-corrected chi connectivity index (χ2v) is 6.58. The van der Waals surface area contributed by atoms with Crippen LogP contribution in [0.15, 0.2) is 96.1 Å². The molecule has 0 aliphatic heterocycles. The molecule has 2 N–H and O–H groups in total. The number of aromatic amines is 1. The van der Waals surface area contributed by atoms with E-state index in [9.17, 15) is 4.79 Å². The number of rotatable bonds is 7. The zero-order chi connectivity index (χ0) is 20.6. The van der Waals surface area contributed by atoms with Crippen LogP contribution in [0, 0.1) is 0 Å². The van der Waals surface area contributed by atoms with Crippen LogP contribution in [-0.2, 0) is 6.61 Å². The fraction of sp³-hybridized carbons (Fsp3) is 0.0417. The molecule has 1 aromatic heterocycles. The zero-order valence-corrected chi connectivity index (χ0v) is 16.2. The minimum atomic E-state index is -0.364. The van der Waals surface area contributed by atoms with E-state index in [0.29, 0.717) is 18.0 Å². The van der Waals surface area contributed by atoms with Crippen molar-refractivity contribution in [1.29, 1.82) is 0 Å². The number of nitrogens with zero attached hydrogens (tertiary/aromatic N) is 2. The van der Waals surface area contributed by atoms with Crippen molar-refractivity contribution in [3.63, 3.8) is 0 Å². The first kappa shape index (κ1) is 19.1. The normalized spacial score (nSPS) is 10.8. The molecule has 0 saturated heterocycles. The summed E-state index contributed by atoms with van der Waals surface area (Å²) in [6, 6.07) is 28.8. The maximum absolute atomic E-state index is 12.3. The van der Waals surface area contributed by atoms with E-state index in [1.54, 1.807) is 12.3 Å². The molecule has 6 nitrogen and oxygen atoms in total. The van der Waals surface area contributed by atoms with E-state index in [1.807, 2.05) is 84.9 Å². The number of ether oxygens (including phenoxy) is 1. The number of H-pyrrole nitrogens is 1. The second-order valence-electron chi connectivity index (χ2n) is 6.58. The van der Waals surface area contributed by atoms with Gasteiger partial charge in [-0.15, -0.1) is 0 Å². The lowest BCUT2D eigenvalue weighted by molar-refractivity contribution is 0.0950. The summed E-state index contributed by atoms with van der Waals surface area (Å²) in [5.74, 6) is 0.371. The van der Waals surface area contributed by atoms with Gasteiger partial charge in [0.1, 0.15) is 18.1 Å². The van der Waals surface area contributed by atoms with Crippen LogP contribution < -0.4 is 10.2 Å². The molecule has 1 heterocycles. The fourth-order valence-corrected chi connectivity index (χ4v) is 2.84. The highest BCUT2D eigenvalue weighted by atomic mass is 16.5. The van der Waals surface area contributed by atoms with Gasteiger partial charge in [-0.05, 0) is 29.3 Å². The van der Waals surface area contributed by atoms with Crippen molar-refractivity contribution in [3.05, 3.63) is 108 Å². The third kappa shape index (κ3) is 4.99. The Balaban J connectivity index is 1.39. The van der Waals surface area contributed by atoms with E-state index < -0.39 is 0 Å². The Morgan fingerprint density at radius 3 is 2.53 bits per heavy atom. The molecule has 1 amide bonds. The third-order valence-corrected chi connectivity index (χ3v) is 4.38. The smallest absolute Gasteiger partial charge is 0.289 e. The minimum Gasteiger partial charge on any atom is -0.489 e. The van der Waals surface area contributed by atoms with Crippen molar-refractivity contribution in [2.24, 2.45) is 5.10 Å². The monoisotopic (exact) mass is 396 g/mol. The lowest BCUT2D eigenvalue weighted by atomic mass is 10.1. The minimum absolute atomic E-state index is 0.325. The van der Waals surface area contributed by atoms with Gasteiger partial charge in [0.25, 0.3) is 5.91 Å². The Bertz CT molecular complexity index is 1140. The molecule has 148 valence electrons. The van der Waals surface area contributed by atoms with Crippen molar-refractivity contribution >= 4 is 12.1 Å². The summed E-state index contributed by atoms with van der Waals surface area (Å²) in [6.07, 6.45) is 1.59. The number of hydrazone groups is 1. The van der Waals surface area contributed by atoms with Gasteiger partial charge in [-0.3, -0.25) is 9.89 Å². The molecular formula is C24H20N4O2. The maximum atomic E-state index is 12.3. The van der Waals surface area contributed by atoms with E-state index in [2.05, 4.69) is 20.7 Å². The highest BCUT2D eigenvalue weighted by Crippen LogP contribution is 2.23. The number of hydrogen-bond acceptors (Lipinski definition) is 4. The maximum Gasteiger partial charge on any atom is 0.289 e. The molecule has 4 rings (SSSR count). The van der Waals surface area contributed by atoms with Crippen molar-refractivity contribution in [2.75, 3.05) is 0 Å². The van der Waals surface area contributed by atoms with Gasteiger partial charge in [-0.1, -0.05) is 72.8 Å². The van der Waals surface area contributed by atoms with E-state index in [0.717, 1.165) is 22.4 Å². The average Bonchev–Trinajstić information content (AvgIpc) is 3.30. The first-order chi connectivity index (χ1) is 14.8.